The lowest BCUT2D eigenvalue weighted by molar-refractivity contribution is 0.152. The minimum Gasteiger partial charge on any atom is -0.419 e. The molecule has 0 spiro atoms. The van der Waals surface area contributed by atoms with Crippen molar-refractivity contribution in [3.05, 3.63) is 54.2 Å². The smallest absolute Gasteiger partial charge is 0.247 e. The molecule has 2 atom stereocenters. The summed E-state index contributed by atoms with van der Waals surface area (Å²) in [4.78, 5) is 2.46. The van der Waals surface area contributed by atoms with Gasteiger partial charge in [-0.1, -0.05) is 18.2 Å². The third-order valence-electron chi connectivity index (χ3n) is 4.90. The lowest BCUT2D eigenvalue weighted by atomic mass is 10.2. The van der Waals surface area contributed by atoms with Gasteiger partial charge in [0.05, 0.1) is 18.8 Å². The molecule has 3 aromatic rings. The van der Waals surface area contributed by atoms with Gasteiger partial charge in [-0.2, -0.15) is 5.10 Å². The molecule has 0 saturated carbocycles. The largest absolute Gasteiger partial charge is 0.419 e. The number of hydrogen-bond acceptors (Lipinski definition) is 5. The highest BCUT2D eigenvalue weighted by molar-refractivity contribution is 5.51. The maximum atomic E-state index is 5.96. The van der Waals surface area contributed by atoms with E-state index in [0.29, 0.717) is 17.8 Å². The zero-order valence-corrected chi connectivity index (χ0v) is 14.7. The normalized spacial score (nSPS) is 19.4. The molecular weight excluding hydrogens is 314 g/mol. The van der Waals surface area contributed by atoms with Crippen LogP contribution < -0.4 is 0 Å². The van der Waals surface area contributed by atoms with Gasteiger partial charge in [0, 0.05) is 17.8 Å². The number of likely N-dealkylation sites (tertiary alicyclic amines) is 1. The predicted octanol–water partition coefficient (Wildman–Crippen LogP) is 3.47. The first-order valence-corrected chi connectivity index (χ1v) is 8.84. The van der Waals surface area contributed by atoms with E-state index >= 15 is 0 Å². The Morgan fingerprint density at radius 3 is 2.84 bits per heavy atom. The van der Waals surface area contributed by atoms with Crippen molar-refractivity contribution in [2.45, 2.75) is 45.3 Å². The second kappa shape index (κ2) is 6.80. The number of aryl methyl sites for hydroxylation is 1. The summed E-state index contributed by atoms with van der Waals surface area (Å²) in [5, 5.41) is 13.0. The van der Waals surface area contributed by atoms with Crippen LogP contribution in [0.5, 0.6) is 0 Å². The van der Waals surface area contributed by atoms with Crippen molar-refractivity contribution >= 4 is 0 Å². The van der Waals surface area contributed by atoms with Crippen molar-refractivity contribution in [2.75, 3.05) is 6.54 Å². The van der Waals surface area contributed by atoms with E-state index in [0.717, 1.165) is 18.7 Å². The topological polar surface area (TPSA) is 60.0 Å². The number of nitrogens with zero attached hydrogens (tertiary/aromatic N) is 5. The third-order valence-corrected chi connectivity index (χ3v) is 4.90. The minimum absolute atomic E-state index is 0.106. The first kappa shape index (κ1) is 16.0. The molecular formula is C19H23N5O. The Morgan fingerprint density at radius 1 is 1.24 bits per heavy atom. The molecule has 130 valence electrons. The molecule has 1 aromatic carbocycles. The third kappa shape index (κ3) is 3.35. The summed E-state index contributed by atoms with van der Waals surface area (Å²) >= 11 is 0. The number of rotatable bonds is 5. The molecule has 1 aliphatic rings. The van der Waals surface area contributed by atoms with Crippen LogP contribution in [0.4, 0.5) is 0 Å². The summed E-state index contributed by atoms with van der Waals surface area (Å²) in [5.41, 5.74) is 2.15. The van der Waals surface area contributed by atoms with Crippen LogP contribution in [0.1, 0.15) is 37.3 Å². The van der Waals surface area contributed by atoms with Gasteiger partial charge in [-0.15, -0.1) is 10.2 Å². The van der Waals surface area contributed by atoms with E-state index in [4.69, 9.17) is 4.42 Å². The summed E-state index contributed by atoms with van der Waals surface area (Å²) in [5.74, 6) is 1.27. The molecule has 0 unspecified atom stereocenters. The SMILES string of the molecule is Cc1cnn(C[C@@H]2CCCN2[C@@H](C)c2nnc(-c3ccccc3)o2)c1. The Labute approximate surface area is 147 Å². The fourth-order valence-corrected chi connectivity index (χ4v) is 3.59. The highest BCUT2D eigenvalue weighted by Crippen LogP contribution is 2.30. The van der Waals surface area contributed by atoms with Crippen molar-refractivity contribution in [1.82, 2.24) is 24.9 Å². The summed E-state index contributed by atoms with van der Waals surface area (Å²) in [6, 6.07) is 10.5. The van der Waals surface area contributed by atoms with Gasteiger partial charge in [0.1, 0.15) is 0 Å². The Kier molecular flexibility index (Phi) is 4.36. The van der Waals surface area contributed by atoms with Crippen LogP contribution in [0, 0.1) is 6.92 Å². The molecule has 1 saturated heterocycles. The molecule has 0 bridgehead atoms. The van der Waals surface area contributed by atoms with Crippen molar-refractivity contribution in [3.8, 4) is 11.5 Å². The Balaban J connectivity index is 1.50. The van der Waals surface area contributed by atoms with E-state index in [1.807, 2.05) is 41.2 Å². The standard InChI is InChI=1S/C19H23N5O/c1-14-11-20-23(12-14)13-17-9-6-10-24(17)15(2)18-21-22-19(25-18)16-7-4-3-5-8-16/h3-5,7-8,11-12,15,17H,6,9-10,13H2,1-2H3/t15-,17-/m0/s1. The molecule has 0 amide bonds. The monoisotopic (exact) mass is 337 g/mol. The Morgan fingerprint density at radius 2 is 2.08 bits per heavy atom. The van der Waals surface area contributed by atoms with Crippen LogP contribution in [-0.2, 0) is 6.54 Å². The molecule has 6 heteroatoms. The van der Waals surface area contributed by atoms with Gasteiger partial charge in [0.25, 0.3) is 0 Å². The lowest BCUT2D eigenvalue weighted by Gasteiger charge is -2.28. The van der Waals surface area contributed by atoms with Crippen molar-refractivity contribution in [3.63, 3.8) is 0 Å². The lowest BCUT2D eigenvalue weighted by Crippen LogP contribution is -2.35. The van der Waals surface area contributed by atoms with Gasteiger partial charge in [0.2, 0.25) is 11.8 Å². The van der Waals surface area contributed by atoms with Gasteiger partial charge in [-0.05, 0) is 50.9 Å². The van der Waals surface area contributed by atoms with Gasteiger partial charge in [0.15, 0.2) is 0 Å². The summed E-state index contributed by atoms with van der Waals surface area (Å²) < 4.78 is 8.00. The number of hydrogen-bond donors (Lipinski definition) is 0. The maximum Gasteiger partial charge on any atom is 0.247 e. The molecule has 1 aliphatic heterocycles. The second-order valence-corrected chi connectivity index (χ2v) is 6.76. The van der Waals surface area contributed by atoms with Gasteiger partial charge in [-0.3, -0.25) is 9.58 Å². The highest BCUT2D eigenvalue weighted by Gasteiger charge is 2.32. The van der Waals surface area contributed by atoms with E-state index in [-0.39, 0.29) is 6.04 Å². The molecule has 0 aliphatic carbocycles. The first-order valence-electron chi connectivity index (χ1n) is 8.84. The molecule has 1 fully saturated rings. The average molecular weight is 337 g/mol. The molecule has 2 aromatic heterocycles. The zero-order valence-electron chi connectivity index (χ0n) is 14.7. The number of benzene rings is 1. The molecule has 0 radical (unpaired) electrons. The van der Waals surface area contributed by atoms with Crippen molar-refractivity contribution < 1.29 is 4.42 Å². The summed E-state index contributed by atoms with van der Waals surface area (Å²) in [6.45, 7) is 6.17. The van der Waals surface area contributed by atoms with E-state index < -0.39 is 0 Å². The predicted molar refractivity (Wildman–Crippen MR) is 94.8 cm³/mol. The summed E-state index contributed by atoms with van der Waals surface area (Å²) in [6.07, 6.45) is 6.37. The van der Waals surface area contributed by atoms with Crippen molar-refractivity contribution in [1.29, 1.82) is 0 Å². The maximum absolute atomic E-state index is 5.96. The molecule has 25 heavy (non-hydrogen) atoms. The molecule has 3 heterocycles. The molecule has 6 nitrogen and oxygen atoms in total. The van der Waals surface area contributed by atoms with Gasteiger partial charge >= 0.3 is 0 Å². The van der Waals surface area contributed by atoms with Crippen LogP contribution in [0.2, 0.25) is 0 Å². The van der Waals surface area contributed by atoms with E-state index in [9.17, 15) is 0 Å². The van der Waals surface area contributed by atoms with E-state index in [2.05, 4.69) is 40.2 Å². The van der Waals surface area contributed by atoms with Crippen LogP contribution in [0.3, 0.4) is 0 Å². The van der Waals surface area contributed by atoms with Crippen LogP contribution >= 0.6 is 0 Å². The molecule has 4 rings (SSSR count). The summed E-state index contributed by atoms with van der Waals surface area (Å²) in [7, 11) is 0. The van der Waals surface area contributed by atoms with E-state index in [1.54, 1.807) is 0 Å². The van der Waals surface area contributed by atoms with Gasteiger partial charge in [-0.25, -0.2) is 0 Å². The zero-order chi connectivity index (χ0) is 17.2. The van der Waals surface area contributed by atoms with E-state index in [1.165, 1.54) is 18.4 Å². The number of aromatic nitrogens is 4. The molecule has 0 N–H and O–H groups in total. The Hall–Kier alpha value is -2.47. The van der Waals surface area contributed by atoms with Crippen LogP contribution in [0.25, 0.3) is 11.5 Å². The minimum atomic E-state index is 0.106. The second-order valence-electron chi connectivity index (χ2n) is 6.76. The van der Waals surface area contributed by atoms with Gasteiger partial charge < -0.3 is 4.42 Å². The first-order chi connectivity index (χ1) is 12.2. The fourth-order valence-electron chi connectivity index (χ4n) is 3.59. The fraction of sp³-hybridized carbons (Fsp3) is 0.421. The highest BCUT2D eigenvalue weighted by atomic mass is 16.4. The van der Waals surface area contributed by atoms with Crippen LogP contribution in [-0.4, -0.2) is 37.5 Å². The Bertz CT molecular complexity index is 825. The quantitative estimate of drug-likeness (QED) is 0.713. The van der Waals surface area contributed by atoms with Crippen LogP contribution in [0.15, 0.2) is 47.1 Å². The van der Waals surface area contributed by atoms with Crippen molar-refractivity contribution in [2.24, 2.45) is 0 Å². The average Bonchev–Trinajstić information content (AvgIpc) is 3.37.